The number of carbonyl (C=O) groups is 1. The molecule has 0 unspecified atom stereocenters. The number of nitrogens with zero attached hydrogens (tertiary/aromatic N) is 2. The molecular weight excluding hydrogens is 224 g/mol. The molecule has 2 rings (SSSR count). The van der Waals surface area contributed by atoms with Gasteiger partial charge in [-0.05, 0) is 18.9 Å². The average molecular weight is 240 g/mol. The molecule has 1 aromatic carbocycles. The third kappa shape index (κ3) is 2.80. The predicted octanol–water partition coefficient (Wildman–Crippen LogP) is 2.97. The first-order valence-electron chi connectivity index (χ1n) is 6.13. The summed E-state index contributed by atoms with van der Waals surface area (Å²) >= 11 is 0. The van der Waals surface area contributed by atoms with Crippen molar-refractivity contribution in [1.29, 1.82) is 0 Å². The lowest BCUT2D eigenvalue weighted by Gasteiger charge is -2.02. The van der Waals surface area contributed by atoms with Crippen LogP contribution in [0.1, 0.15) is 40.7 Å². The molecule has 0 fully saturated rings. The zero-order valence-corrected chi connectivity index (χ0v) is 10.7. The van der Waals surface area contributed by atoms with Gasteiger partial charge in [-0.25, -0.2) is 4.98 Å². The highest BCUT2D eigenvalue weighted by Gasteiger charge is 2.10. The largest absolute Gasteiger partial charge is 0.287 e. The Bertz CT molecular complexity index is 529. The summed E-state index contributed by atoms with van der Waals surface area (Å²) in [4.78, 5) is 20.3. The average Bonchev–Trinajstić information content (AvgIpc) is 2.40. The van der Waals surface area contributed by atoms with Crippen LogP contribution in [-0.2, 0) is 6.42 Å². The van der Waals surface area contributed by atoms with Crippen molar-refractivity contribution in [2.24, 2.45) is 0 Å². The second kappa shape index (κ2) is 5.54. The molecule has 92 valence electrons. The molecule has 0 aliphatic rings. The first kappa shape index (κ1) is 12.4. The van der Waals surface area contributed by atoms with Gasteiger partial charge in [-0.15, -0.1) is 0 Å². The second-order valence-corrected chi connectivity index (χ2v) is 4.32. The topological polar surface area (TPSA) is 42.9 Å². The van der Waals surface area contributed by atoms with E-state index in [4.69, 9.17) is 0 Å². The van der Waals surface area contributed by atoms with Crippen LogP contribution < -0.4 is 0 Å². The molecule has 0 spiro atoms. The molecular formula is C15H16N2O. The summed E-state index contributed by atoms with van der Waals surface area (Å²) in [6.45, 7) is 3.99. The lowest BCUT2D eigenvalue weighted by Crippen LogP contribution is -2.05. The van der Waals surface area contributed by atoms with E-state index < -0.39 is 0 Å². The van der Waals surface area contributed by atoms with E-state index in [2.05, 4.69) is 16.9 Å². The predicted molar refractivity (Wildman–Crippen MR) is 70.6 cm³/mol. The molecule has 0 amide bonds. The van der Waals surface area contributed by atoms with Gasteiger partial charge < -0.3 is 0 Å². The third-order valence-corrected chi connectivity index (χ3v) is 2.77. The van der Waals surface area contributed by atoms with Gasteiger partial charge in [0.05, 0.1) is 11.9 Å². The van der Waals surface area contributed by atoms with E-state index in [1.54, 1.807) is 6.20 Å². The van der Waals surface area contributed by atoms with Crippen LogP contribution in [0.3, 0.4) is 0 Å². The number of aryl methyl sites for hydroxylation is 2. The van der Waals surface area contributed by atoms with Gasteiger partial charge in [0.25, 0.3) is 0 Å². The van der Waals surface area contributed by atoms with Crippen molar-refractivity contribution >= 4 is 5.78 Å². The minimum Gasteiger partial charge on any atom is -0.287 e. The molecule has 0 aliphatic carbocycles. The van der Waals surface area contributed by atoms with Crippen LogP contribution in [0.4, 0.5) is 0 Å². The van der Waals surface area contributed by atoms with Gasteiger partial charge in [0, 0.05) is 11.8 Å². The van der Waals surface area contributed by atoms with Crippen LogP contribution in [0.5, 0.6) is 0 Å². The SMILES string of the molecule is CCCc1ccc(C(=O)c2cnc(C)cn2)cc1. The summed E-state index contributed by atoms with van der Waals surface area (Å²) in [5, 5.41) is 0. The number of hydrogen-bond donors (Lipinski definition) is 0. The molecule has 0 atom stereocenters. The molecule has 1 heterocycles. The molecule has 0 N–H and O–H groups in total. The number of rotatable bonds is 4. The maximum atomic E-state index is 12.1. The summed E-state index contributed by atoms with van der Waals surface area (Å²) in [7, 11) is 0. The first-order valence-corrected chi connectivity index (χ1v) is 6.13. The summed E-state index contributed by atoms with van der Waals surface area (Å²) in [6, 6.07) is 7.71. The molecule has 0 saturated carbocycles. The van der Waals surface area contributed by atoms with Crippen LogP contribution >= 0.6 is 0 Å². The summed E-state index contributed by atoms with van der Waals surface area (Å²) in [5.41, 5.74) is 3.12. The highest BCUT2D eigenvalue weighted by molar-refractivity contribution is 6.07. The van der Waals surface area contributed by atoms with Crippen LogP contribution in [0.2, 0.25) is 0 Å². The standard InChI is InChI=1S/C15H16N2O/c1-3-4-12-5-7-13(8-6-12)15(18)14-10-16-11(2)9-17-14/h5-10H,3-4H2,1-2H3. The van der Waals surface area contributed by atoms with E-state index in [-0.39, 0.29) is 5.78 Å². The van der Waals surface area contributed by atoms with E-state index in [9.17, 15) is 4.79 Å². The minimum atomic E-state index is -0.0782. The number of ketones is 1. The Balaban J connectivity index is 2.20. The summed E-state index contributed by atoms with van der Waals surface area (Å²) in [6.07, 6.45) is 5.28. The first-order chi connectivity index (χ1) is 8.70. The van der Waals surface area contributed by atoms with E-state index in [0.717, 1.165) is 18.5 Å². The minimum absolute atomic E-state index is 0.0782. The van der Waals surface area contributed by atoms with Crippen molar-refractivity contribution in [1.82, 2.24) is 9.97 Å². The number of aromatic nitrogens is 2. The van der Waals surface area contributed by atoms with Crippen LogP contribution in [-0.4, -0.2) is 15.8 Å². The molecule has 3 heteroatoms. The van der Waals surface area contributed by atoms with E-state index in [0.29, 0.717) is 11.3 Å². The van der Waals surface area contributed by atoms with Gasteiger partial charge in [0.15, 0.2) is 0 Å². The molecule has 18 heavy (non-hydrogen) atoms. The number of benzene rings is 1. The van der Waals surface area contributed by atoms with Crippen molar-refractivity contribution < 1.29 is 4.79 Å². The van der Waals surface area contributed by atoms with Crippen LogP contribution in [0.15, 0.2) is 36.7 Å². The molecule has 0 saturated heterocycles. The smallest absolute Gasteiger partial charge is 0.212 e. The quantitative estimate of drug-likeness (QED) is 0.772. The number of carbonyl (C=O) groups excluding carboxylic acids is 1. The normalized spacial score (nSPS) is 10.3. The fraction of sp³-hybridized carbons (Fsp3) is 0.267. The maximum Gasteiger partial charge on any atom is 0.212 e. The fourth-order valence-corrected chi connectivity index (χ4v) is 1.77. The third-order valence-electron chi connectivity index (χ3n) is 2.77. The van der Waals surface area contributed by atoms with E-state index in [1.807, 2.05) is 31.2 Å². The van der Waals surface area contributed by atoms with Gasteiger partial charge in [0.1, 0.15) is 5.69 Å². The Hall–Kier alpha value is -2.03. The van der Waals surface area contributed by atoms with E-state index in [1.165, 1.54) is 11.8 Å². The fourth-order valence-electron chi connectivity index (χ4n) is 1.77. The molecule has 0 aliphatic heterocycles. The van der Waals surface area contributed by atoms with Gasteiger partial charge in [-0.2, -0.15) is 0 Å². The second-order valence-electron chi connectivity index (χ2n) is 4.32. The Morgan fingerprint density at radius 1 is 1.11 bits per heavy atom. The van der Waals surface area contributed by atoms with Crippen molar-refractivity contribution in [3.8, 4) is 0 Å². The van der Waals surface area contributed by atoms with Crippen molar-refractivity contribution in [2.45, 2.75) is 26.7 Å². The zero-order chi connectivity index (χ0) is 13.0. The maximum absolute atomic E-state index is 12.1. The highest BCUT2D eigenvalue weighted by atomic mass is 16.1. The molecule has 0 radical (unpaired) electrons. The van der Waals surface area contributed by atoms with Gasteiger partial charge in [-0.1, -0.05) is 37.6 Å². The lowest BCUT2D eigenvalue weighted by atomic mass is 10.0. The van der Waals surface area contributed by atoms with Crippen molar-refractivity contribution in [3.05, 3.63) is 59.2 Å². The van der Waals surface area contributed by atoms with Gasteiger partial charge >= 0.3 is 0 Å². The Labute approximate surface area is 107 Å². The molecule has 2 aromatic rings. The monoisotopic (exact) mass is 240 g/mol. The van der Waals surface area contributed by atoms with Crippen molar-refractivity contribution in [3.63, 3.8) is 0 Å². The molecule has 1 aromatic heterocycles. The van der Waals surface area contributed by atoms with Crippen LogP contribution in [0.25, 0.3) is 0 Å². The zero-order valence-electron chi connectivity index (χ0n) is 10.7. The lowest BCUT2D eigenvalue weighted by molar-refractivity contribution is 0.103. The highest BCUT2D eigenvalue weighted by Crippen LogP contribution is 2.10. The van der Waals surface area contributed by atoms with Crippen LogP contribution in [0, 0.1) is 6.92 Å². The summed E-state index contributed by atoms with van der Waals surface area (Å²) in [5.74, 6) is -0.0782. The van der Waals surface area contributed by atoms with Gasteiger partial charge in [0.2, 0.25) is 5.78 Å². The molecule has 3 nitrogen and oxygen atoms in total. The number of hydrogen-bond acceptors (Lipinski definition) is 3. The Kier molecular flexibility index (Phi) is 3.82. The van der Waals surface area contributed by atoms with Crippen molar-refractivity contribution in [2.75, 3.05) is 0 Å². The summed E-state index contributed by atoms with van der Waals surface area (Å²) < 4.78 is 0. The Morgan fingerprint density at radius 3 is 2.39 bits per heavy atom. The van der Waals surface area contributed by atoms with Gasteiger partial charge in [-0.3, -0.25) is 9.78 Å². The molecule has 0 bridgehead atoms. The Morgan fingerprint density at radius 2 is 1.83 bits per heavy atom. The van der Waals surface area contributed by atoms with E-state index >= 15 is 0 Å².